The highest BCUT2D eigenvalue weighted by Gasteiger charge is 2.18. The van der Waals surface area contributed by atoms with Gasteiger partial charge in [-0.1, -0.05) is 25.5 Å². The Bertz CT molecular complexity index is 160. The molecule has 0 spiro atoms. The van der Waals surface area contributed by atoms with Crippen LogP contribution < -0.4 is 5.32 Å². The number of allylic oxidation sites excluding steroid dienone is 1. The molecule has 0 radical (unpaired) electrons. The largest absolute Gasteiger partial charge is 0.311 e. The third kappa shape index (κ3) is 4.47. The van der Waals surface area contributed by atoms with Gasteiger partial charge in [0, 0.05) is 18.5 Å². The van der Waals surface area contributed by atoms with Crippen LogP contribution in [0.1, 0.15) is 39.0 Å². The van der Waals surface area contributed by atoms with Gasteiger partial charge in [-0.2, -0.15) is 0 Å². The summed E-state index contributed by atoms with van der Waals surface area (Å²) in [6, 6.07) is 0.748. The number of halogens is 1. The highest BCUT2D eigenvalue weighted by atomic mass is 35.5. The fraction of sp³-hybridized carbons (Fsp3) is 0.833. The zero-order chi connectivity index (χ0) is 10.2. The van der Waals surface area contributed by atoms with E-state index in [9.17, 15) is 0 Å². The zero-order valence-electron chi connectivity index (χ0n) is 9.14. The fourth-order valence-corrected chi connectivity index (χ4v) is 2.28. The number of hydrogen-bond donors (Lipinski definition) is 1. The number of nitrogens with one attached hydrogen (secondary N) is 1. The first-order valence-corrected chi connectivity index (χ1v) is 6.34. The van der Waals surface area contributed by atoms with Crippen molar-refractivity contribution >= 4 is 11.6 Å². The van der Waals surface area contributed by atoms with E-state index in [2.05, 4.69) is 18.3 Å². The minimum atomic E-state index is 0.629. The molecule has 0 amide bonds. The molecular formula is C12H22ClN. The molecule has 0 heterocycles. The smallest absolute Gasteiger partial charge is 0.0404 e. The molecule has 1 nitrogen and oxygen atoms in total. The Hall–Kier alpha value is -0.0100. The lowest BCUT2D eigenvalue weighted by Gasteiger charge is -2.28. The van der Waals surface area contributed by atoms with E-state index in [4.69, 9.17) is 11.6 Å². The van der Waals surface area contributed by atoms with Crippen LogP contribution in [0.15, 0.2) is 12.2 Å². The standard InChI is InChI=1S/C12H22ClN/c1-2-11-5-7-12(8-6-11)14-10-4-3-9-13/h3-4,11-12,14H,2,5-10H2,1H3/b4-3+. The van der Waals surface area contributed by atoms with E-state index >= 15 is 0 Å². The van der Waals surface area contributed by atoms with Crippen LogP contribution in [0.2, 0.25) is 0 Å². The summed E-state index contributed by atoms with van der Waals surface area (Å²) < 4.78 is 0. The van der Waals surface area contributed by atoms with Gasteiger partial charge >= 0.3 is 0 Å². The predicted molar refractivity (Wildman–Crippen MR) is 63.9 cm³/mol. The van der Waals surface area contributed by atoms with Crippen molar-refractivity contribution in [2.75, 3.05) is 12.4 Å². The maximum absolute atomic E-state index is 5.55. The highest BCUT2D eigenvalue weighted by Crippen LogP contribution is 2.26. The number of rotatable bonds is 5. The van der Waals surface area contributed by atoms with Crippen LogP contribution in [-0.4, -0.2) is 18.5 Å². The summed E-state index contributed by atoms with van der Waals surface area (Å²) in [6.07, 6.45) is 11.0. The monoisotopic (exact) mass is 215 g/mol. The molecule has 0 bridgehead atoms. The zero-order valence-corrected chi connectivity index (χ0v) is 9.89. The van der Waals surface area contributed by atoms with Crippen molar-refractivity contribution in [1.29, 1.82) is 0 Å². The van der Waals surface area contributed by atoms with Gasteiger partial charge < -0.3 is 5.32 Å². The van der Waals surface area contributed by atoms with Crippen molar-refractivity contribution in [1.82, 2.24) is 5.32 Å². The van der Waals surface area contributed by atoms with Crippen LogP contribution >= 0.6 is 11.6 Å². The molecule has 2 heteroatoms. The minimum absolute atomic E-state index is 0.629. The Morgan fingerprint density at radius 2 is 1.93 bits per heavy atom. The molecule has 0 aliphatic heterocycles. The fourth-order valence-electron chi connectivity index (χ4n) is 2.16. The Morgan fingerprint density at radius 1 is 1.21 bits per heavy atom. The Labute approximate surface area is 92.9 Å². The second-order valence-corrected chi connectivity index (χ2v) is 4.47. The molecule has 0 aromatic heterocycles. The van der Waals surface area contributed by atoms with Crippen molar-refractivity contribution < 1.29 is 0 Å². The normalized spacial score (nSPS) is 28.4. The van der Waals surface area contributed by atoms with E-state index in [1.54, 1.807) is 0 Å². The quantitative estimate of drug-likeness (QED) is 0.548. The maximum atomic E-state index is 5.55. The summed E-state index contributed by atoms with van der Waals surface area (Å²) in [6.45, 7) is 3.29. The molecule has 1 aliphatic rings. The molecular weight excluding hydrogens is 194 g/mol. The van der Waals surface area contributed by atoms with Crippen LogP contribution in [0.5, 0.6) is 0 Å². The topological polar surface area (TPSA) is 12.0 Å². The van der Waals surface area contributed by atoms with Crippen molar-refractivity contribution in [3.63, 3.8) is 0 Å². The van der Waals surface area contributed by atoms with Crippen molar-refractivity contribution in [3.8, 4) is 0 Å². The molecule has 1 aliphatic carbocycles. The van der Waals surface area contributed by atoms with Crippen LogP contribution in [0.25, 0.3) is 0 Å². The molecule has 1 rings (SSSR count). The first kappa shape index (κ1) is 12.1. The molecule has 0 aromatic carbocycles. The van der Waals surface area contributed by atoms with Crippen molar-refractivity contribution in [2.45, 2.75) is 45.1 Å². The van der Waals surface area contributed by atoms with Gasteiger partial charge in [0.15, 0.2) is 0 Å². The second kappa shape index (κ2) is 7.30. The number of hydrogen-bond acceptors (Lipinski definition) is 1. The second-order valence-electron chi connectivity index (χ2n) is 4.16. The first-order valence-electron chi connectivity index (χ1n) is 5.81. The lowest BCUT2D eigenvalue weighted by atomic mass is 9.84. The Balaban J connectivity index is 2.07. The third-order valence-corrected chi connectivity index (χ3v) is 3.38. The van der Waals surface area contributed by atoms with E-state index in [-0.39, 0.29) is 0 Å². The molecule has 14 heavy (non-hydrogen) atoms. The first-order chi connectivity index (χ1) is 6.86. The Kier molecular flexibility index (Phi) is 6.29. The van der Waals surface area contributed by atoms with Crippen LogP contribution in [0, 0.1) is 5.92 Å². The Morgan fingerprint density at radius 3 is 2.50 bits per heavy atom. The molecule has 1 fully saturated rings. The van der Waals surface area contributed by atoms with Gasteiger partial charge in [0.2, 0.25) is 0 Å². The van der Waals surface area contributed by atoms with E-state index in [0.29, 0.717) is 5.88 Å². The number of alkyl halides is 1. The van der Waals surface area contributed by atoms with Gasteiger partial charge in [-0.05, 0) is 31.6 Å². The molecule has 1 N–H and O–H groups in total. The van der Waals surface area contributed by atoms with Gasteiger partial charge in [0.1, 0.15) is 0 Å². The molecule has 0 saturated heterocycles. The van der Waals surface area contributed by atoms with E-state index in [0.717, 1.165) is 18.5 Å². The summed E-state index contributed by atoms with van der Waals surface area (Å²) in [7, 11) is 0. The lowest BCUT2D eigenvalue weighted by molar-refractivity contribution is 0.291. The van der Waals surface area contributed by atoms with Gasteiger partial charge in [-0.15, -0.1) is 11.6 Å². The summed E-state index contributed by atoms with van der Waals surface area (Å²) in [5, 5.41) is 3.56. The van der Waals surface area contributed by atoms with E-state index in [1.807, 2.05) is 6.08 Å². The van der Waals surface area contributed by atoms with Crippen LogP contribution in [0.4, 0.5) is 0 Å². The minimum Gasteiger partial charge on any atom is -0.311 e. The third-order valence-electron chi connectivity index (χ3n) is 3.20. The summed E-state index contributed by atoms with van der Waals surface area (Å²) >= 11 is 5.55. The van der Waals surface area contributed by atoms with Gasteiger partial charge in [-0.25, -0.2) is 0 Å². The summed E-state index contributed by atoms with van der Waals surface area (Å²) in [5.41, 5.74) is 0. The van der Waals surface area contributed by atoms with E-state index in [1.165, 1.54) is 32.1 Å². The maximum Gasteiger partial charge on any atom is 0.0404 e. The van der Waals surface area contributed by atoms with Crippen LogP contribution in [-0.2, 0) is 0 Å². The average molecular weight is 216 g/mol. The molecule has 0 aromatic rings. The molecule has 1 saturated carbocycles. The van der Waals surface area contributed by atoms with Gasteiger partial charge in [0.05, 0.1) is 0 Å². The SMILES string of the molecule is CCC1CCC(NC/C=C/CCl)CC1. The van der Waals surface area contributed by atoms with Crippen molar-refractivity contribution in [2.24, 2.45) is 5.92 Å². The molecule has 82 valence electrons. The average Bonchev–Trinajstić information content (AvgIpc) is 2.25. The highest BCUT2D eigenvalue weighted by molar-refractivity contribution is 6.18. The summed E-state index contributed by atoms with van der Waals surface area (Å²) in [4.78, 5) is 0. The predicted octanol–water partition coefficient (Wildman–Crippen LogP) is 3.34. The van der Waals surface area contributed by atoms with Crippen LogP contribution in [0.3, 0.4) is 0 Å². The van der Waals surface area contributed by atoms with E-state index < -0.39 is 0 Å². The summed E-state index contributed by atoms with van der Waals surface area (Å²) in [5.74, 6) is 1.62. The molecule has 0 unspecified atom stereocenters. The molecule has 0 atom stereocenters. The van der Waals surface area contributed by atoms with Crippen molar-refractivity contribution in [3.05, 3.63) is 12.2 Å². The van der Waals surface area contributed by atoms with Gasteiger partial charge in [-0.3, -0.25) is 0 Å². The lowest BCUT2D eigenvalue weighted by Crippen LogP contribution is -2.33. The van der Waals surface area contributed by atoms with Gasteiger partial charge in [0.25, 0.3) is 0 Å².